The van der Waals surface area contributed by atoms with Crippen LogP contribution in [0.25, 0.3) is 0 Å². The van der Waals surface area contributed by atoms with Crippen molar-refractivity contribution < 1.29 is 18.0 Å². The van der Waals surface area contributed by atoms with Gasteiger partial charge in [0.25, 0.3) is 5.91 Å². The van der Waals surface area contributed by atoms with Gasteiger partial charge >= 0.3 is 0 Å². The molecule has 0 saturated heterocycles. The number of aromatic nitrogens is 1. The number of anilines is 1. The Bertz CT molecular complexity index is 1050. The Morgan fingerprint density at radius 3 is 2.39 bits per heavy atom. The zero-order valence-electron chi connectivity index (χ0n) is 16.9. The number of pyridine rings is 1. The van der Waals surface area contributed by atoms with E-state index in [1.54, 1.807) is 49.6 Å². The van der Waals surface area contributed by atoms with Crippen LogP contribution in [0.5, 0.6) is 0 Å². The number of carbonyl (C=O) groups is 1. The summed E-state index contributed by atoms with van der Waals surface area (Å²) < 4.78 is 24.6. The summed E-state index contributed by atoms with van der Waals surface area (Å²) in [6.07, 6.45) is 2.70. The smallest absolute Gasteiger partial charge is 0.276 e. The lowest BCUT2D eigenvalue weighted by Gasteiger charge is -2.23. The van der Waals surface area contributed by atoms with Crippen LogP contribution in [0.3, 0.4) is 0 Å². The summed E-state index contributed by atoms with van der Waals surface area (Å²) in [7, 11) is -2.82. The van der Waals surface area contributed by atoms with Gasteiger partial charge in [0.15, 0.2) is 0 Å². The molecule has 31 heavy (non-hydrogen) atoms. The molecule has 0 aliphatic rings. The Morgan fingerprint density at radius 1 is 1.00 bits per heavy atom. The van der Waals surface area contributed by atoms with Gasteiger partial charge in [-0.2, -0.15) is 0 Å². The van der Waals surface area contributed by atoms with Gasteiger partial charge in [-0.25, -0.2) is 18.6 Å². The maximum Gasteiger partial charge on any atom is 0.276 e. The number of nitrogens with zero attached hydrogens (tertiary/aromatic N) is 1. The van der Waals surface area contributed by atoms with Crippen molar-refractivity contribution >= 4 is 22.5 Å². The summed E-state index contributed by atoms with van der Waals surface area (Å²) in [4.78, 5) is 22.5. The van der Waals surface area contributed by atoms with E-state index in [1.165, 1.54) is 0 Å². The molecule has 0 saturated carbocycles. The van der Waals surface area contributed by atoms with Crippen molar-refractivity contribution in [2.24, 2.45) is 0 Å². The Balaban J connectivity index is 1.71. The standard InChI is InChI=1S/C22H24N4O4S/c1-16(26-31(28)29)21(18-7-3-2-4-8-18)30-25-22(27)19-9-5-6-10-20(19)24-15-17-11-13-23-14-12-17/h2-14,16,21,24,31H,15H2,1H3,(H,25,27)(H,26,28,29). The number of amides is 1. The fourth-order valence-electron chi connectivity index (χ4n) is 3.04. The van der Waals surface area contributed by atoms with Crippen molar-refractivity contribution in [2.45, 2.75) is 25.6 Å². The van der Waals surface area contributed by atoms with E-state index in [0.717, 1.165) is 11.1 Å². The molecule has 0 spiro atoms. The molecule has 9 heteroatoms. The second-order valence-electron chi connectivity index (χ2n) is 6.81. The van der Waals surface area contributed by atoms with E-state index in [1.807, 2.05) is 36.4 Å². The molecule has 0 bridgehead atoms. The van der Waals surface area contributed by atoms with E-state index >= 15 is 0 Å². The number of benzene rings is 2. The highest BCUT2D eigenvalue weighted by atomic mass is 32.2. The summed E-state index contributed by atoms with van der Waals surface area (Å²) in [5.41, 5.74) is 5.26. The van der Waals surface area contributed by atoms with Crippen LogP contribution in [0.4, 0.5) is 5.69 Å². The van der Waals surface area contributed by atoms with Crippen molar-refractivity contribution in [1.29, 1.82) is 0 Å². The van der Waals surface area contributed by atoms with Crippen molar-refractivity contribution in [3.05, 3.63) is 95.8 Å². The minimum absolute atomic E-state index is 0.402. The molecule has 8 nitrogen and oxygen atoms in total. The predicted octanol–water partition coefficient (Wildman–Crippen LogP) is 2.60. The van der Waals surface area contributed by atoms with Gasteiger partial charge in [-0.15, -0.1) is 0 Å². The van der Waals surface area contributed by atoms with Crippen LogP contribution >= 0.6 is 0 Å². The molecule has 162 valence electrons. The highest BCUT2D eigenvalue weighted by molar-refractivity contribution is 7.70. The zero-order valence-corrected chi connectivity index (χ0v) is 17.8. The number of rotatable bonds is 10. The quantitative estimate of drug-likeness (QED) is 0.285. The number of hydroxylamine groups is 1. The molecule has 0 aliphatic carbocycles. The lowest BCUT2D eigenvalue weighted by molar-refractivity contribution is -0.0285. The fourth-order valence-corrected chi connectivity index (χ4v) is 3.51. The van der Waals surface area contributed by atoms with Crippen LogP contribution in [0, 0.1) is 0 Å². The number of nitrogens with one attached hydrogen (secondary N) is 3. The maximum absolute atomic E-state index is 12.8. The second kappa shape index (κ2) is 11.2. The molecule has 1 heterocycles. The van der Waals surface area contributed by atoms with E-state index in [2.05, 4.69) is 20.5 Å². The van der Waals surface area contributed by atoms with Gasteiger partial charge in [-0.05, 0) is 42.3 Å². The third-order valence-corrected chi connectivity index (χ3v) is 5.19. The van der Waals surface area contributed by atoms with Crippen LogP contribution in [-0.4, -0.2) is 25.4 Å². The van der Waals surface area contributed by atoms with Gasteiger partial charge < -0.3 is 5.32 Å². The van der Waals surface area contributed by atoms with Crippen LogP contribution in [0.1, 0.15) is 34.5 Å². The van der Waals surface area contributed by atoms with Gasteiger partial charge in [0.1, 0.15) is 6.10 Å². The normalized spacial score (nSPS) is 12.8. The molecule has 2 aromatic carbocycles. The number of carbonyl (C=O) groups excluding carboxylic acids is 1. The average Bonchev–Trinajstić information content (AvgIpc) is 2.79. The van der Waals surface area contributed by atoms with Gasteiger partial charge in [-0.1, -0.05) is 42.5 Å². The third kappa shape index (κ3) is 6.61. The molecule has 1 aromatic heterocycles. The highest BCUT2D eigenvalue weighted by Crippen LogP contribution is 2.21. The molecular weight excluding hydrogens is 416 g/mol. The average molecular weight is 441 g/mol. The summed E-state index contributed by atoms with van der Waals surface area (Å²) in [6, 6.07) is 19.3. The zero-order chi connectivity index (χ0) is 22.1. The van der Waals surface area contributed by atoms with Crippen LogP contribution in [0.2, 0.25) is 0 Å². The molecule has 3 N–H and O–H groups in total. The molecule has 3 rings (SSSR count). The number of hydrogen-bond donors (Lipinski definition) is 4. The molecule has 2 atom stereocenters. The molecule has 2 unspecified atom stereocenters. The van der Waals surface area contributed by atoms with Crippen LogP contribution < -0.4 is 15.5 Å². The van der Waals surface area contributed by atoms with Crippen LogP contribution in [-0.2, 0) is 22.3 Å². The SMILES string of the molecule is CC(N[SH](=O)=O)C(ONC(=O)c1ccccc1NCc1ccncc1)c1ccccc1. The lowest BCUT2D eigenvalue weighted by atomic mass is 10.0. The highest BCUT2D eigenvalue weighted by Gasteiger charge is 2.23. The first-order chi connectivity index (χ1) is 15.0. The predicted molar refractivity (Wildman–Crippen MR) is 119 cm³/mol. The summed E-state index contributed by atoms with van der Waals surface area (Å²) in [5.74, 6) is -0.447. The third-order valence-electron chi connectivity index (χ3n) is 4.57. The van der Waals surface area contributed by atoms with Gasteiger partial charge in [0, 0.05) is 24.6 Å². The first kappa shape index (κ1) is 22.4. The van der Waals surface area contributed by atoms with Crippen molar-refractivity contribution in [3.63, 3.8) is 0 Å². The summed E-state index contributed by atoms with van der Waals surface area (Å²) in [6.45, 7) is 2.19. The van der Waals surface area contributed by atoms with Crippen molar-refractivity contribution in [3.8, 4) is 0 Å². The van der Waals surface area contributed by atoms with Gasteiger partial charge in [0.05, 0.1) is 11.6 Å². The Labute approximate surface area is 182 Å². The fraction of sp³-hybridized carbons (Fsp3) is 0.182. The van der Waals surface area contributed by atoms with E-state index in [9.17, 15) is 13.2 Å². The van der Waals surface area contributed by atoms with E-state index in [4.69, 9.17) is 4.84 Å². The molecule has 0 radical (unpaired) electrons. The largest absolute Gasteiger partial charge is 0.380 e. The lowest BCUT2D eigenvalue weighted by Crippen LogP contribution is -2.37. The van der Waals surface area contributed by atoms with Gasteiger partial charge in [0.2, 0.25) is 10.9 Å². The van der Waals surface area contributed by atoms with Crippen molar-refractivity contribution in [1.82, 2.24) is 15.2 Å². The first-order valence-electron chi connectivity index (χ1n) is 9.68. The van der Waals surface area contributed by atoms with E-state index < -0.39 is 28.9 Å². The monoisotopic (exact) mass is 440 g/mol. The molecule has 3 aromatic rings. The minimum atomic E-state index is -2.82. The Morgan fingerprint density at radius 2 is 1.68 bits per heavy atom. The van der Waals surface area contributed by atoms with Crippen molar-refractivity contribution in [2.75, 3.05) is 5.32 Å². The van der Waals surface area contributed by atoms with Gasteiger partial charge in [-0.3, -0.25) is 14.6 Å². The van der Waals surface area contributed by atoms with E-state index in [-0.39, 0.29) is 0 Å². The number of thiol groups is 1. The minimum Gasteiger partial charge on any atom is -0.380 e. The Kier molecular flexibility index (Phi) is 8.11. The maximum atomic E-state index is 12.8. The number of hydrogen-bond acceptors (Lipinski definition) is 6. The Hall–Kier alpha value is -3.27. The topological polar surface area (TPSA) is 109 Å². The summed E-state index contributed by atoms with van der Waals surface area (Å²) in [5, 5.41) is 3.24. The summed E-state index contributed by atoms with van der Waals surface area (Å²) >= 11 is 0. The molecule has 0 aliphatic heterocycles. The molecular formula is C22H24N4O4S. The number of para-hydroxylation sites is 1. The van der Waals surface area contributed by atoms with Crippen LogP contribution in [0.15, 0.2) is 79.1 Å². The second-order valence-corrected chi connectivity index (χ2v) is 7.58. The van der Waals surface area contributed by atoms with E-state index in [0.29, 0.717) is 17.8 Å². The first-order valence-corrected chi connectivity index (χ1v) is 10.9. The molecule has 0 fully saturated rings. The molecule has 1 amide bonds.